The highest BCUT2D eigenvalue weighted by molar-refractivity contribution is 7.06. The standard InChI is InChI=1S/C11H7N3O2S/c1-7-10(6-12)11(13-17-7)8-3-2-4-9(5-8)14(15)16/h2-5H,1H3. The van der Waals surface area contributed by atoms with E-state index in [4.69, 9.17) is 5.26 Å². The molecule has 0 N–H and O–H groups in total. The van der Waals surface area contributed by atoms with E-state index in [1.54, 1.807) is 19.1 Å². The molecule has 1 heterocycles. The first kappa shape index (κ1) is 11.2. The molecule has 0 saturated heterocycles. The van der Waals surface area contributed by atoms with E-state index in [-0.39, 0.29) is 5.69 Å². The third-order valence-electron chi connectivity index (χ3n) is 2.30. The minimum Gasteiger partial charge on any atom is -0.258 e. The topological polar surface area (TPSA) is 79.8 Å². The number of nitrogens with zero attached hydrogens (tertiary/aromatic N) is 3. The van der Waals surface area contributed by atoms with Gasteiger partial charge < -0.3 is 0 Å². The summed E-state index contributed by atoms with van der Waals surface area (Å²) in [5.41, 5.74) is 1.59. The van der Waals surface area contributed by atoms with Crippen LogP contribution in [0.15, 0.2) is 24.3 Å². The molecule has 17 heavy (non-hydrogen) atoms. The highest BCUT2D eigenvalue weighted by Crippen LogP contribution is 2.29. The fourth-order valence-electron chi connectivity index (χ4n) is 1.47. The van der Waals surface area contributed by atoms with Gasteiger partial charge in [0.05, 0.1) is 10.5 Å². The average Bonchev–Trinajstić information content (AvgIpc) is 2.70. The molecule has 5 nitrogen and oxygen atoms in total. The Morgan fingerprint density at radius 3 is 2.94 bits per heavy atom. The predicted octanol–water partition coefficient (Wildman–Crippen LogP) is 2.90. The quantitative estimate of drug-likeness (QED) is 0.601. The van der Waals surface area contributed by atoms with Gasteiger partial charge in [0.2, 0.25) is 0 Å². The van der Waals surface area contributed by atoms with Gasteiger partial charge in [-0.25, -0.2) is 0 Å². The van der Waals surface area contributed by atoms with Crippen molar-refractivity contribution in [2.45, 2.75) is 6.92 Å². The number of nitro groups is 1. The Balaban J connectivity index is 2.57. The Morgan fingerprint density at radius 1 is 1.53 bits per heavy atom. The van der Waals surface area contributed by atoms with Gasteiger partial charge in [0.25, 0.3) is 5.69 Å². The minimum absolute atomic E-state index is 0.00274. The van der Waals surface area contributed by atoms with Crippen LogP contribution in [0.5, 0.6) is 0 Å². The molecule has 84 valence electrons. The van der Waals surface area contributed by atoms with E-state index in [2.05, 4.69) is 10.4 Å². The lowest BCUT2D eigenvalue weighted by Crippen LogP contribution is -1.89. The van der Waals surface area contributed by atoms with Gasteiger partial charge in [-0.15, -0.1) is 0 Å². The minimum atomic E-state index is -0.464. The van der Waals surface area contributed by atoms with Gasteiger partial charge in [0, 0.05) is 22.6 Å². The first-order valence-electron chi connectivity index (χ1n) is 4.74. The number of non-ortho nitro benzene ring substituents is 1. The first-order chi connectivity index (χ1) is 8.13. The fraction of sp³-hybridized carbons (Fsp3) is 0.0909. The monoisotopic (exact) mass is 245 g/mol. The van der Waals surface area contributed by atoms with Crippen LogP contribution in [-0.2, 0) is 0 Å². The van der Waals surface area contributed by atoms with Crippen LogP contribution in [-0.4, -0.2) is 9.30 Å². The second-order valence-corrected chi connectivity index (χ2v) is 4.36. The maximum Gasteiger partial charge on any atom is 0.270 e. The number of rotatable bonds is 2. The number of aromatic nitrogens is 1. The molecule has 0 aliphatic rings. The Bertz CT molecular complexity index is 628. The van der Waals surface area contributed by atoms with Crippen LogP contribution >= 0.6 is 11.5 Å². The molecule has 0 aliphatic carbocycles. The summed E-state index contributed by atoms with van der Waals surface area (Å²) in [6, 6.07) is 8.20. The van der Waals surface area contributed by atoms with Gasteiger partial charge in [0.15, 0.2) is 0 Å². The van der Waals surface area contributed by atoms with E-state index in [9.17, 15) is 10.1 Å². The van der Waals surface area contributed by atoms with Crippen LogP contribution in [0.25, 0.3) is 11.3 Å². The van der Waals surface area contributed by atoms with Crippen molar-refractivity contribution in [1.29, 1.82) is 5.26 Å². The summed E-state index contributed by atoms with van der Waals surface area (Å²) in [4.78, 5) is 11.0. The maximum absolute atomic E-state index is 10.7. The van der Waals surface area contributed by atoms with Crippen LogP contribution < -0.4 is 0 Å². The largest absolute Gasteiger partial charge is 0.270 e. The molecule has 2 aromatic rings. The molecule has 1 aromatic carbocycles. The number of nitro benzene ring substituents is 1. The van der Waals surface area contributed by atoms with Gasteiger partial charge in [-0.05, 0) is 18.5 Å². The maximum atomic E-state index is 10.7. The second kappa shape index (κ2) is 4.31. The number of nitriles is 1. The molecule has 6 heteroatoms. The molecule has 0 aliphatic heterocycles. The molecule has 1 aromatic heterocycles. The van der Waals surface area contributed by atoms with Crippen LogP contribution in [0.2, 0.25) is 0 Å². The van der Waals surface area contributed by atoms with E-state index in [0.29, 0.717) is 16.8 Å². The summed E-state index contributed by atoms with van der Waals surface area (Å²) in [5, 5.41) is 19.7. The Labute approximate surface area is 101 Å². The zero-order valence-electron chi connectivity index (χ0n) is 8.88. The van der Waals surface area contributed by atoms with Gasteiger partial charge in [-0.3, -0.25) is 10.1 Å². The lowest BCUT2D eigenvalue weighted by atomic mass is 10.1. The molecule has 0 unspecified atom stereocenters. The van der Waals surface area contributed by atoms with Crippen LogP contribution in [0.4, 0.5) is 5.69 Å². The third-order valence-corrected chi connectivity index (χ3v) is 3.06. The molecule has 0 fully saturated rings. The summed E-state index contributed by atoms with van der Waals surface area (Å²) in [5.74, 6) is 0. The number of hydrogen-bond acceptors (Lipinski definition) is 5. The Hall–Kier alpha value is -2.26. The van der Waals surface area contributed by atoms with Gasteiger partial charge >= 0.3 is 0 Å². The van der Waals surface area contributed by atoms with E-state index >= 15 is 0 Å². The van der Waals surface area contributed by atoms with Crippen molar-refractivity contribution >= 4 is 17.2 Å². The van der Waals surface area contributed by atoms with Crippen LogP contribution in [0, 0.1) is 28.4 Å². The van der Waals surface area contributed by atoms with Crippen molar-refractivity contribution in [1.82, 2.24) is 4.37 Å². The molecule has 0 bridgehead atoms. The van der Waals surface area contributed by atoms with Crippen LogP contribution in [0.3, 0.4) is 0 Å². The van der Waals surface area contributed by atoms with Crippen molar-refractivity contribution < 1.29 is 4.92 Å². The summed E-state index contributed by atoms with van der Waals surface area (Å²) in [6.07, 6.45) is 0. The van der Waals surface area contributed by atoms with Crippen molar-refractivity contribution in [2.24, 2.45) is 0 Å². The van der Waals surface area contributed by atoms with Gasteiger partial charge in [-0.2, -0.15) is 9.64 Å². The Kier molecular flexibility index (Phi) is 2.85. The van der Waals surface area contributed by atoms with E-state index in [1.807, 2.05) is 0 Å². The molecule has 0 atom stereocenters. The average molecular weight is 245 g/mol. The van der Waals surface area contributed by atoms with Gasteiger partial charge in [-0.1, -0.05) is 12.1 Å². The van der Waals surface area contributed by atoms with Crippen molar-refractivity contribution in [3.63, 3.8) is 0 Å². The zero-order chi connectivity index (χ0) is 12.4. The molecular weight excluding hydrogens is 238 g/mol. The smallest absolute Gasteiger partial charge is 0.258 e. The van der Waals surface area contributed by atoms with E-state index in [1.165, 1.54) is 23.7 Å². The lowest BCUT2D eigenvalue weighted by molar-refractivity contribution is -0.384. The zero-order valence-corrected chi connectivity index (χ0v) is 9.69. The second-order valence-electron chi connectivity index (χ2n) is 3.38. The summed E-state index contributed by atoms with van der Waals surface area (Å²) in [6.45, 7) is 1.80. The van der Waals surface area contributed by atoms with Gasteiger partial charge in [0.1, 0.15) is 11.8 Å². The van der Waals surface area contributed by atoms with Crippen molar-refractivity contribution in [2.75, 3.05) is 0 Å². The number of hydrogen-bond donors (Lipinski definition) is 0. The van der Waals surface area contributed by atoms with Crippen LogP contribution in [0.1, 0.15) is 10.4 Å². The summed E-state index contributed by atoms with van der Waals surface area (Å²) < 4.78 is 4.15. The van der Waals surface area contributed by atoms with E-state index < -0.39 is 4.92 Å². The lowest BCUT2D eigenvalue weighted by Gasteiger charge is -1.97. The molecule has 0 radical (unpaired) electrons. The molecular formula is C11H7N3O2S. The Morgan fingerprint density at radius 2 is 2.29 bits per heavy atom. The predicted molar refractivity (Wildman–Crippen MR) is 63.7 cm³/mol. The highest BCUT2D eigenvalue weighted by Gasteiger charge is 2.14. The fourth-order valence-corrected chi connectivity index (χ4v) is 2.13. The van der Waals surface area contributed by atoms with E-state index in [0.717, 1.165) is 4.88 Å². The number of aryl methyl sites for hydroxylation is 1. The van der Waals surface area contributed by atoms with Crippen molar-refractivity contribution in [3.05, 3.63) is 44.8 Å². The third kappa shape index (κ3) is 2.00. The molecule has 0 spiro atoms. The van der Waals surface area contributed by atoms with Crippen molar-refractivity contribution in [3.8, 4) is 17.3 Å². The number of benzene rings is 1. The molecule has 2 rings (SSSR count). The normalized spacial score (nSPS) is 9.88. The molecule has 0 saturated carbocycles. The molecule has 0 amide bonds. The summed E-state index contributed by atoms with van der Waals surface area (Å²) in [7, 11) is 0. The first-order valence-corrected chi connectivity index (χ1v) is 5.52. The highest BCUT2D eigenvalue weighted by atomic mass is 32.1. The SMILES string of the molecule is Cc1snc(-c2cccc([N+](=O)[O-])c2)c1C#N. The summed E-state index contributed by atoms with van der Waals surface area (Å²) >= 11 is 1.22.